The van der Waals surface area contributed by atoms with E-state index in [4.69, 9.17) is 0 Å². The first-order valence-electron chi connectivity index (χ1n) is 9.32. The van der Waals surface area contributed by atoms with Crippen molar-refractivity contribution in [1.29, 1.82) is 0 Å². The Kier molecular flexibility index (Phi) is 8.35. The molecule has 2 aliphatic heterocycles. The molecule has 2 N–H and O–H groups in total. The number of halogens is 1. The van der Waals surface area contributed by atoms with Gasteiger partial charge in [-0.25, -0.2) is 0 Å². The smallest absolute Gasteiger partial charge is 0.227 e. The molecular weight excluding hydrogens is 352 g/mol. The van der Waals surface area contributed by atoms with E-state index in [-0.39, 0.29) is 24.2 Å². The van der Waals surface area contributed by atoms with E-state index in [9.17, 15) is 9.59 Å². The Balaban J connectivity index is 0.00000243. The average Bonchev–Trinajstić information content (AvgIpc) is 2.65. The van der Waals surface area contributed by atoms with Crippen LogP contribution in [0, 0.1) is 0 Å². The first-order chi connectivity index (χ1) is 12.2. The lowest BCUT2D eigenvalue weighted by molar-refractivity contribution is -0.121. The second-order valence-corrected chi connectivity index (χ2v) is 6.72. The minimum Gasteiger partial charge on any atom is -0.356 e. The van der Waals surface area contributed by atoms with Crippen LogP contribution in [0.5, 0.6) is 0 Å². The van der Waals surface area contributed by atoms with E-state index in [0.717, 1.165) is 51.3 Å². The number of nitrogens with zero attached hydrogens (tertiary/aromatic N) is 2. The third-order valence-corrected chi connectivity index (χ3v) is 4.94. The van der Waals surface area contributed by atoms with Gasteiger partial charge in [0, 0.05) is 57.8 Å². The molecule has 0 aromatic heterocycles. The van der Waals surface area contributed by atoms with Crippen molar-refractivity contribution < 1.29 is 9.59 Å². The van der Waals surface area contributed by atoms with Crippen molar-refractivity contribution in [3.8, 4) is 0 Å². The molecular formula is C19H29ClN4O2. The zero-order valence-electron chi connectivity index (χ0n) is 15.2. The maximum Gasteiger partial charge on any atom is 0.227 e. The molecule has 144 valence electrons. The lowest BCUT2D eigenvalue weighted by atomic mass is 10.0. The fraction of sp³-hybridized carbons (Fsp3) is 0.579. The number of aryl methyl sites for hydroxylation is 1. The van der Waals surface area contributed by atoms with Crippen LogP contribution in [0.1, 0.15) is 24.8 Å². The highest BCUT2D eigenvalue weighted by atomic mass is 35.5. The lowest BCUT2D eigenvalue weighted by Crippen LogP contribution is -2.44. The molecule has 0 saturated carbocycles. The monoisotopic (exact) mass is 380 g/mol. The van der Waals surface area contributed by atoms with Crippen molar-refractivity contribution in [3.05, 3.63) is 29.8 Å². The highest BCUT2D eigenvalue weighted by molar-refractivity contribution is 5.96. The molecule has 0 unspecified atom stereocenters. The largest absolute Gasteiger partial charge is 0.356 e. The number of fused-ring (bicyclic) bond motifs is 1. The minimum atomic E-state index is 0. The predicted molar refractivity (Wildman–Crippen MR) is 106 cm³/mol. The number of hydrogen-bond acceptors (Lipinski definition) is 4. The third-order valence-electron chi connectivity index (χ3n) is 4.94. The fourth-order valence-electron chi connectivity index (χ4n) is 3.51. The number of carbonyl (C=O) groups excluding carboxylic acids is 2. The maximum atomic E-state index is 12.2. The number of benzene rings is 1. The predicted octanol–water partition coefficient (Wildman–Crippen LogP) is 1.19. The van der Waals surface area contributed by atoms with Crippen LogP contribution in [0.15, 0.2) is 24.3 Å². The van der Waals surface area contributed by atoms with Crippen molar-refractivity contribution in [1.82, 2.24) is 15.5 Å². The van der Waals surface area contributed by atoms with E-state index in [1.807, 2.05) is 18.2 Å². The number of para-hydroxylation sites is 1. The van der Waals surface area contributed by atoms with E-state index in [1.165, 1.54) is 5.56 Å². The Morgan fingerprint density at radius 1 is 1.12 bits per heavy atom. The lowest BCUT2D eigenvalue weighted by Gasteiger charge is -2.29. The van der Waals surface area contributed by atoms with Crippen LogP contribution in [-0.4, -0.2) is 62.5 Å². The number of rotatable bonds is 7. The summed E-state index contributed by atoms with van der Waals surface area (Å²) in [5.74, 6) is 0.140. The van der Waals surface area contributed by atoms with Gasteiger partial charge in [0.1, 0.15) is 0 Å². The van der Waals surface area contributed by atoms with Crippen LogP contribution < -0.4 is 15.5 Å². The molecule has 0 spiro atoms. The van der Waals surface area contributed by atoms with Crippen LogP contribution in [0.2, 0.25) is 0 Å². The van der Waals surface area contributed by atoms with Gasteiger partial charge in [0.15, 0.2) is 0 Å². The summed E-state index contributed by atoms with van der Waals surface area (Å²) >= 11 is 0. The molecule has 1 saturated heterocycles. The van der Waals surface area contributed by atoms with E-state index < -0.39 is 0 Å². The fourth-order valence-corrected chi connectivity index (χ4v) is 3.51. The number of carbonyl (C=O) groups is 2. The highest BCUT2D eigenvalue weighted by Gasteiger charge is 2.23. The Hall–Kier alpha value is -1.63. The molecule has 2 heterocycles. The molecule has 1 fully saturated rings. The van der Waals surface area contributed by atoms with E-state index in [1.54, 1.807) is 4.90 Å². The molecule has 26 heavy (non-hydrogen) atoms. The van der Waals surface area contributed by atoms with Gasteiger partial charge in [0.2, 0.25) is 11.8 Å². The third kappa shape index (κ3) is 5.69. The van der Waals surface area contributed by atoms with E-state index in [2.05, 4.69) is 21.6 Å². The first kappa shape index (κ1) is 20.7. The summed E-state index contributed by atoms with van der Waals surface area (Å²) in [6.45, 7) is 6.47. The molecule has 0 bridgehead atoms. The Morgan fingerprint density at radius 2 is 1.88 bits per heavy atom. The molecule has 6 nitrogen and oxygen atoms in total. The number of hydrogen-bond donors (Lipinski definition) is 2. The Bertz CT molecular complexity index is 605. The van der Waals surface area contributed by atoms with Gasteiger partial charge in [-0.05, 0) is 31.0 Å². The van der Waals surface area contributed by atoms with Gasteiger partial charge < -0.3 is 20.4 Å². The molecule has 3 rings (SSSR count). The molecule has 2 aliphatic rings. The summed E-state index contributed by atoms with van der Waals surface area (Å²) in [5, 5.41) is 6.32. The van der Waals surface area contributed by atoms with Gasteiger partial charge in [-0.1, -0.05) is 18.2 Å². The van der Waals surface area contributed by atoms with Crippen molar-refractivity contribution in [2.75, 3.05) is 50.7 Å². The van der Waals surface area contributed by atoms with Crippen molar-refractivity contribution in [3.63, 3.8) is 0 Å². The van der Waals surface area contributed by atoms with Crippen LogP contribution in [0.4, 0.5) is 5.69 Å². The Morgan fingerprint density at radius 3 is 2.69 bits per heavy atom. The average molecular weight is 381 g/mol. The van der Waals surface area contributed by atoms with Crippen LogP contribution >= 0.6 is 12.4 Å². The van der Waals surface area contributed by atoms with Crippen LogP contribution in [0.25, 0.3) is 0 Å². The quantitative estimate of drug-likeness (QED) is 0.697. The van der Waals surface area contributed by atoms with E-state index >= 15 is 0 Å². The first-order valence-corrected chi connectivity index (χ1v) is 9.32. The molecule has 0 aliphatic carbocycles. The van der Waals surface area contributed by atoms with Gasteiger partial charge in [-0.15, -0.1) is 12.4 Å². The summed E-state index contributed by atoms with van der Waals surface area (Å²) in [6, 6.07) is 7.97. The summed E-state index contributed by atoms with van der Waals surface area (Å²) in [4.78, 5) is 28.5. The van der Waals surface area contributed by atoms with Gasteiger partial charge >= 0.3 is 0 Å². The number of amides is 2. The molecule has 0 atom stereocenters. The van der Waals surface area contributed by atoms with E-state index in [0.29, 0.717) is 25.9 Å². The molecule has 2 amide bonds. The summed E-state index contributed by atoms with van der Waals surface area (Å²) < 4.78 is 0. The van der Waals surface area contributed by atoms with Crippen molar-refractivity contribution in [2.45, 2.75) is 25.7 Å². The highest BCUT2D eigenvalue weighted by Crippen LogP contribution is 2.27. The molecule has 1 aromatic carbocycles. The van der Waals surface area contributed by atoms with Crippen LogP contribution in [-0.2, 0) is 16.0 Å². The second kappa shape index (κ2) is 10.5. The van der Waals surface area contributed by atoms with Gasteiger partial charge in [-0.2, -0.15) is 0 Å². The van der Waals surface area contributed by atoms with Crippen molar-refractivity contribution in [2.24, 2.45) is 0 Å². The van der Waals surface area contributed by atoms with Crippen LogP contribution in [0.3, 0.4) is 0 Å². The zero-order chi connectivity index (χ0) is 17.5. The SMILES string of the molecule is Cl.O=C(CCN1C(=O)CCc2ccccc21)NCCCN1CCNCC1. The summed E-state index contributed by atoms with van der Waals surface area (Å²) in [5.41, 5.74) is 2.16. The van der Waals surface area contributed by atoms with Gasteiger partial charge in [-0.3, -0.25) is 9.59 Å². The standard InChI is InChI=1S/C19H28N4O2.ClH/c24-18(21-9-3-12-22-14-10-20-11-15-22)8-13-23-17-5-2-1-4-16(17)6-7-19(23)25;/h1-2,4-5,20H,3,6-15H2,(H,21,24);1H. The molecule has 7 heteroatoms. The number of anilines is 1. The zero-order valence-corrected chi connectivity index (χ0v) is 16.0. The second-order valence-electron chi connectivity index (χ2n) is 6.72. The van der Waals surface area contributed by atoms with Gasteiger partial charge in [0.25, 0.3) is 0 Å². The summed E-state index contributed by atoms with van der Waals surface area (Å²) in [7, 11) is 0. The van der Waals surface area contributed by atoms with Crippen molar-refractivity contribution >= 4 is 29.9 Å². The Labute approximate surface area is 161 Å². The number of piperazine rings is 1. The van der Waals surface area contributed by atoms with Gasteiger partial charge in [0.05, 0.1) is 0 Å². The normalized spacial score (nSPS) is 17.4. The molecule has 0 radical (unpaired) electrons. The summed E-state index contributed by atoms with van der Waals surface area (Å²) in [6.07, 6.45) is 2.65. The minimum absolute atomic E-state index is 0. The number of nitrogens with one attached hydrogen (secondary N) is 2. The molecule has 1 aromatic rings. The maximum absolute atomic E-state index is 12.2. The topological polar surface area (TPSA) is 64.7 Å².